The second-order valence-electron chi connectivity index (χ2n) is 6.78. The lowest BCUT2D eigenvalue weighted by atomic mass is 10.1. The monoisotopic (exact) mass is 410 g/mol. The van der Waals surface area contributed by atoms with Crippen LogP contribution in [0.5, 0.6) is 0 Å². The van der Waals surface area contributed by atoms with E-state index in [2.05, 4.69) is 80.4 Å². The number of anilines is 1. The van der Waals surface area contributed by atoms with Gasteiger partial charge < -0.3 is 9.64 Å². The number of pyridine rings is 1. The molecule has 4 heteroatoms. The number of fused-ring (bicyclic) bond motifs is 1. The summed E-state index contributed by atoms with van der Waals surface area (Å²) in [5.74, 6) is 0. The first-order chi connectivity index (χ1) is 12.8. The average molecular weight is 411 g/mol. The first-order valence-corrected chi connectivity index (χ1v) is 10.0. The Bertz CT molecular complexity index is 860. The molecule has 3 nitrogen and oxygen atoms in total. The number of rotatable bonds is 5. The fourth-order valence-corrected chi connectivity index (χ4v) is 3.98. The SMILES string of the molecule is Brc1ccc2c(N3CCC(OCCc4ccccc4)CC3)ccnc2c1. The van der Waals surface area contributed by atoms with E-state index in [0.29, 0.717) is 6.10 Å². The number of halogens is 1. The zero-order valence-corrected chi connectivity index (χ0v) is 16.4. The highest BCUT2D eigenvalue weighted by atomic mass is 79.9. The van der Waals surface area contributed by atoms with E-state index in [4.69, 9.17) is 4.74 Å². The Balaban J connectivity index is 1.34. The minimum Gasteiger partial charge on any atom is -0.378 e. The van der Waals surface area contributed by atoms with Crippen molar-refractivity contribution in [2.45, 2.75) is 25.4 Å². The second kappa shape index (κ2) is 8.19. The van der Waals surface area contributed by atoms with Gasteiger partial charge in [-0.1, -0.05) is 46.3 Å². The maximum absolute atomic E-state index is 6.13. The summed E-state index contributed by atoms with van der Waals surface area (Å²) in [6, 6.07) is 19.0. The Morgan fingerprint density at radius 1 is 1.04 bits per heavy atom. The highest BCUT2D eigenvalue weighted by Gasteiger charge is 2.21. The Morgan fingerprint density at radius 2 is 1.85 bits per heavy atom. The molecule has 2 heterocycles. The lowest BCUT2D eigenvalue weighted by Crippen LogP contribution is -2.37. The normalized spacial score (nSPS) is 15.5. The van der Waals surface area contributed by atoms with Crippen LogP contribution < -0.4 is 4.90 Å². The topological polar surface area (TPSA) is 25.4 Å². The molecule has 0 radical (unpaired) electrons. The van der Waals surface area contributed by atoms with E-state index in [1.165, 1.54) is 16.6 Å². The number of nitrogens with zero attached hydrogens (tertiary/aromatic N) is 2. The maximum atomic E-state index is 6.13. The van der Waals surface area contributed by atoms with Crippen LogP contribution in [0.2, 0.25) is 0 Å². The molecular formula is C22H23BrN2O. The standard InChI is InChI=1S/C22H23BrN2O/c23-18-6-7-20-21(16-18)24-12-8-22(20)25-13-9-19(10-14-25)26-15-11-17-4-2-1-3-5-17/h1-8,12,16,19H,9-11,13-15H2. The summed E-state index contributed by atoms with van der Waals surface area (Å²) in [7, 11) is 0. The molecule has 1 aliphatic rings. The van der Waals surface area contributed by atoms with Crippen molar-refractivity contribution in [1.29, 1.82) is 0 Å². The number of aromatic nitrogens is 1. The third kappa shape index (κ3) is 4.08. The molecule has 0 N–H and O–H groups in total. The highest BCUT2D eigenvalue weighted by molar-refractivity contribution is 9.10. The fourth-order valence-electron chi connectivity index (χ4n) is 3.63. The lowest BCUT2D eigenvalue weighted by Gasteiger charge is -2.34. The van der Waals surface area contributed by atoms with Crippen LogP contribution in [0.3, 0.4) is 0 Å². The van der Waals surface area contributed by atoms with Crippen LogP contribution in [0.25, 0.3) is 10.9 Å². The van der Waals surface area contributed by atoms with Gasteiger partial charge in [-0.05, 0) is 49.1 Å². The summed E-state index contributed by atoms with van der Waals surface area (Å²) in [6.45, 7) is 2.87. The van der Waals surface area contributed by atoms with Gasteiger partial charge in [-0.25, -0.2) is 0 Å². The van der Waals surface area contributed by atoms with Gasteiger partial charge in [0.1, 0.15) is 0 Å². The van der Waals surface area contributed by atoms with Gasteiger partial charge in [0.2, 0.25) is 0 Å². The molecule has 1 fully saturated rings. The van der Waals surface area contributed by atoms with Crippen molar-refractivity contribution >= 4 is 32.5 Å². The minimum absolute atomic E-state index is 0.372. The van der Waals surface area contributed by atoms with Crippen LogP contribution in [0.4, 0.5) is 5.69 Å². The third-order valence-corrected chi connectivity index (χ3v) is 5.54. The van der Waals surface area contributed by atoms with E-state index >= 15 is 0 Å². The summed E-state index contributed by atoms with van der Waals surface area (Å²) in [5, 5.41) is 1.22. The third-order valence-electron chi connectivity index (χ3n) is 5.05. The molecule has 2 aromatic carbocycles. The molecule has 1 aromatic heterocycles. The van der Waals surface area contributed by atoms with Crippen molar-refractivity contribution in [3.05, 3.63) is 70.8 Å². The second-order valence-corrected chi connectivity index (χ2v) is 7.70. The predicted octanol–water partition coefficient (Wildman–Crippen LogP) is 5.23. The zero-order valence-electron chi connectivity index (χ0n) is 14.8. The van der Waals surface area contributed by atoms with Gasteiger partial charge in [-0.2, -0.15) is 0 Å². The first-order valence-electron chi connectivity index (χ1n) is 9.24. The molecule has 0 aliphatic carbocycles. The van der Waals surface area contributed by atoms with Crippen molar-refractivity contribution in [2.75, 3.05) is 24.6 Å². The van der Waals surface area contributed by atoms with E-state index in [1.807, 2.05) is 6.20 Å². The van der Waals surface area contributed by atoms with E-state index < -0.39 is 0 Å². The van der Waals surface area contributed by atoms with Crippen LogP contribution in [0.15, 0.2) is 65.3 Å². The number of benzene rings is 2. The Morgan fingerprint density at radius 3 is 2.65 bits per heavy atom. The highest BCUT2D eigenvalue weighted by Crippen LogP contribution is 2.30. The van der Waals surface area contributed by atoms with Crippen LogP contribution in [0.1, 0.15) is 18.4 Å². The van der Waals surface area contributed by atoms with Crippen LogP contribution in [-0.2, 0) is 11.2 Å². The van der Waals surface area contributed by atoms with Crippen molar-refractivity contribution in [3.63, 3.8) is 0 Å². The summed E-state index contributed by atoms with van der Waals surface area (Å²) in [5.41, 5.74) is 3.67. The minimum atomic E-state index is 0.372. The summed E-state index contributed by atoms with van der Waals surface area (Å²) in [4.78, 5) is 6.97. The molecule has 0 bridgehead atoms. The molecule has 134 valence electrons. The number of piperidine rings is 1. The van der Waals surface area contributed by atoms with E-state index in [0.717, 1.165) is 48.9 Å². The number of hydrogen-bond donors (Lipinski definition) is 0. The van der Waals surface area contributed by atoms with Crippen molar-refractivity contribution < 1.29 is 4.74 Å². The maximum Gasteiger partial charge on any atom is 0.0734 e. The molecule has 3 aromatic rings. The molecule has 1 aliphatic heterocycles. The molecule has 0 spiro atoms. The van der Waals surface area contributed by atoms with Gasteiger partial charge in [-0.15, -0.1) is 0 Å². The molecular weight excluding hydrogens is 388 g/mol. The van der Waals surface area contributed by atoms with Crippen molar-refractivity contribution in [1.82, 2.24) is 4.98 Å². The lowest BCUT2D eigenvalue weighted by molar-refractivity contribution is 0.0391. The molecule has 0 amide bonds. The molecule has 26 heavy (non-hydrogen) atoms. The number of ether oxygens (including phenoxy) is 1. The van der Waals surface area contributed by atoms with Gasteiger partial charge in [-0.3, -0.25) is 4.98 Å². The Kier molecular flexibility index (Phi) is 5.51. The summed E-state index contributed by atoms with van der Waals surface area (Å²) >= 11 is 3.53. The Hall–Kier alpha value is -1.91. The zero-order chi connectivity index (χ0) is 17.8. The van der Waals surface area contributed by atoms with Gasteiger partial charge in [0.05, 0.1) is 18.2 Å². The first kappa shape index (κ1) is 17.5. The largest absolute Gasteiger partial charge is 0.378 e. The summed E-state index contributed by atoms with van der Waals surface area (Å²) in [6.07, 6.45) is 5.43. The molecule has 0 saturated carbocycles. The summed E-state index contributed by atoms with van der Waals surface area (Å²) < 4.78 is 7.20. The Labute approximate surface area is 163 Å². The molecule has 1 saturated heterocycles. The van der Waals surface area contributed by atoms with Gasteiger partial charge in [0.25, 0.3) is 0 Å². The van der Waals surface area contributed by atoms with Crippen LogP contribution in [-0.4, -0.2) is 30.8 Å². The van der Waals surface area contributed by atoms with Crippen molar-refractivity contribution in [2.24, 2.45) is 0 Å². The number of hydrogen-bond acceptors (Lipinski definition) is 3. The smallest absolute Gasteiger partial charge is 0.0734 e. The van der Waals surface area contributed by atoms with Crippen molar-refractivity contribution in [3.8, 4) is 0 Å². The molecule has 4 rings (SSSR count). The average Bonchev–Trinajstić information content (AvgIpc) is 2.69. The van der Waals surface area contributed by atoms with E-state index in [1.54, 1.807) is 0 Å². The molecule has 0 atom stereocenters. The predicted molar refractivity (Wildman–Crippen MR) is 111 cm³/mol. The van der Waals surface area contributed by atoms with E-state index in [9.17, 15) is 0 Å². The van der Waals surface area contributed by atoms with Crippen LogP contribution >= 0.6 is 15.9 Å². The van der Waals surface area contributed by atoms with Gasteiger partial charge in [0, 0.05) is 34.8 Å². The fraction of sp³-hybridized carbons (Fsp3) is 0.318. The molecule has 0 unspecified atom stereocenters. The quantitative estimate of drug-likeness (QED) is 0.575. The van der Waals surface area contributed by atoms with Gasteiger partial charge >= 0.3 is 0 Å². The van der Waals surface area contributed by atoms with Gasteiger partial charge in [0.15, 0.2) is 0 Å². The van der Waals surface area contributed by atoms with Crippen LogP contribution in [0, 0.1) is 0 Å². The van der Waals surface area contributed by atoms with E-state index in [-0.39, 0.29) is 0 Å².